The Labute approximate surface area is 356 Å². The largest absolute Gasteiger partial charge is 0.481 e. The van der Waals surface area contributed by atoms with Gasteiger partial charge < -0.3 is 24.8 Å². The molecule has 332 valence electrons. The number of carbonyl (C=O) groups is 2. The molecule has 0 bridgehead atoms. The molecule has 0 radical (unpaired) electrons. The van der Waals surface area contributed by atoms with E-state index in [0.29, 0.717) is 45.4 Å². The Morgan fingerprint density at radius 2 is 1.60 bits per heavy atom. The summed E-state index contributed by atoms with van der Waals surface area (Å²) < 4.78 is 80.7. The number of allylic oxidation sites excluding steroid dienone is 4. The molecule has 0 unspecified atom stereocenters. The van der Waals surface area contributed by atoms with Gasteiger partial charge in [-0.15, -0.1) is 0 Å². The number of methoxy groups -OCH3 is 1. The summed E-state index contributed by atoms with van der Waals surface area (Å²) in [6.45, 7) is 17.4. The van der Waals surface area contributed by atoms with Crippen LogP contribution in [-0.2, 0) is 56.7 Å². The van der Waals surface area contributed by atoms with E-state index in [1.54, 1.807) is 13.2 Å². The average Bonchev–Trinajstić information content (AvgIpc) is 3.46. The third-order valence-electron chi connectivity index (χ3n) is 11.5. The molecule has 0 saturated carbocycles. The van der Waals surface area contributed by atoms with Crippen molar-refractivity contribution in [1.82, 2.24) is 5.32 Å². The summed E-state index contributed by atoms with van der Waals surface area (Å²) in [5.41, 5.74) is 3.73. The normalized spacial score (nSPS) is 17.1. The number of anilines is 1. The Balaban J connectivity index is 1.64. The minimum absolute atomic E-state index is 0.0709. The first kappa shape index (κ1) is 48.7. The highest BCUT2D eigenvalue weighted by Crippen LogP contribution is 2.48. The van der Waals surface area contributed by atoms with Crippen molar-refractivity contribution in [2.45, 2.75) is 134 Å². The quantitative estimate of drug-likeness (QED) is 0.0533. The van der Waals surface area contributed by atoms with E-state index >= 15 is 0 Å². The van der Waals surface area contributed by atoms with Crippen LogP contribution in [0.15, 0.2) is 65.2 Å². The number of aliphatic carboxylic acids is 1. The fraction of sp³-hybridized carbons (Fsp3) is 0.568. The summed E-state index contributed by atoms with van der Waals surface area (Å²) in [5, 5.41) is 12.1. The van der Waals surface area contributed by atoms with Gasteiger partial charge in [0.25, 0.3) is 20.2 Å². The number of hydrogen-bond donors (Lipinski definition) is 4. The van der Waals surface area contributed by atoms with Crippen LogP contribution in [0.2, 0.25) is 0 Å². The lowest BCUT2D eigenvalue weighted by atomic mass is 9.81. The van der Waals surface area contributed by atoms with Crippen molar-refractivity contribution in [3.8, 4) is 0 Å². The SMILES string of the molecule is COC(C)(C)CCOC(C)(C)CC(=O)NCc1ccc2c(c1)C(C)(C)/C(=C\C=C\C1=[N+](CCCCCC(=O)O)c3ccc(S(=O)(=O)O)cc3C1(C)C)N2CCCS(=O)(=O)O. The molecule has 2 aromatic carbocycles. The predicted octanol–water partition coefficient (Wildman–Crippen LogP) is 7.09. The van der Waals surface area contributed by atoms with Crippen LogP contribution in [0.25, 0.3) is 0 Å². The van der Waals surface area contributed by atoms with Gasteiger partial charge in [0, 0.05) is 67.5 Å². The van der Waals surface area contributed by atoms with Crippen LogP contribution >= 0.6 is 0 Å². The van der Waals surface area contributed by atoms with E-state index in [1.165, 1.54) is 12.1 Å². The van der Waals surface area contributed by atoms with E-state index in [2.05, 4.69) is 34.7 Å². The van der Waals surface area contributed by atoms with Crippen LogP contribution in [0.1, 0.15) is 117 Å². The number of ether oxygens (including phenoxy) is 2. The molecule has 0 aromatic heterocycles. The number of unbranched alkanes of at least 4 members (excludes halogenated alkanes) is 2. The lowest BCUT2D eigenvalue weighted by Crippen LogP contribution is -2.35. The predicted molar refractivity (Wildman–Crippen MR) is 232 cm³/mol. The number of fused-ring (bicyclic) bond motifs is 2. The van der Waals surface area contributed by atoms with Crippen molar-refractivity contribution in [3.05, 3.63) is 77.0 Å². The van der Waals surface area contributed by atoms with E-state index in [9.17, 15) is 35.5 Å². The molecule has 2 aliphatic rings. The topological polar surface area (TPSA) is 200 Å². The van der Waals surface area contributed by atoms with Crippen LogP contribution in [0.4, 0.5) is 11.4 Å². The van der Waals surface area contributed by atoms with Gasteiger partial charge >= 0.3 is 5.97 Å². The molecule has 4 N–H and O–H groups in total. The summed E-state index contributed by atoms with van der Waals surface area (Å²) in [7, 11) is -7.00. The van der Waals surface area contributed by atoms with Gasteiger partial charge in [-0.3, -0.25) is 18.7 Å². The third kappa shape index (κ3) is 12.6. The Kier molecular flexibility index (Phi) is 15.4. The van der Waals surface area contributed by atoms with Gasteiger partial charge in [0.15, 0.2) is 5.71 Å². The van der Waals surface area contributed by atoms with E-state index in [-0.39, 0.29) is 42.2 Å². The van der Waals surface area contributed by atoms with Gasteiger partial charge in [-0.2, -0.15) is 21.4 Å². The second-order valence-electron chi connectivity index (χ2n) is 18.0. The first-order valence-electron chi connectivity index (χ1n) is 20.4. The molecule has 0 atom stereocenters. The summed E-state index contributed by atoms with van der Waals surface area (Å²) in [4.78, 5) is 26.0. The van der Waals surface area contributed by atoms with E-state index in [1.807, 2.05) is 71.9 Å². The number of rotatable bonds is 22. The minimum Gasteiger partial charge on any atom is -0.481 e. The molecular weight excluding hydrogens is 811 g/mol. The first-order valence-corrected chi connectivity index (χ1v) is 23.4. The first-order chi connectivity index (χ1) is 27.7. The maximum atomic E-state index is 13.1. The second-order valence-corrected chi connectivity index (χ2v) is 21.0. The second kappa shape index (κ2) is 19.0. The van der Waals surface area contributed by atoms with E-state index in [4.69, 9.17) is 14.6 Å². The molecule has 0 fully saturated rings. The molecular formula is C44H64N3O11S2+. The average molecular weight is 875 g/mol. The molecule has 16 heteroatoms. The van der Waals surface area contributed by atoms with Crippen LogP contribution in [-0.4, -0.2) is 97.0 Å². The Hall–Kier alpha value is -3.93. The standard InChI is InChI=1S/C44H63N3O11S2/c1-41(2,57-9)22-25-58-42(3,4)29-39(48)45-30-31-18-20-35-33(27-31)43(5,6)37(47(35)24-14-26-59(51,52)53)15-13-16-38-44(7,8)34-28-32(60(54,55)56)19-21-36(34)46(38)23-12-10-11-17-40(49)50/h13,15-16,18-21,27-28H,10-12,14,17,22-26,29-30H2,1-9H3,(H3-,45,48,49,50,51,52,53,54,55,56)/p+1. The maximum absolute atomic E-state index is 13.1. The monoisotopic (exact) mass is 874 g/mol. The number of nitrogens with zero attached hydrogens (tertiary/aromatic N) is 2. The molecule has 0 aliphatic carbocycles. The third-order valence-corrected chi connectivity index (χ3v) is 13.2. The summed E-state index contributed by atoms with van der Waals surface area (Å²) in [5.74, 6) is -1.41. The van der Waals surface area contributed by atoms with Crippen molar-refractivity contribution in [1.29, 1.82) is 0 Å². The van der Waals surface area contributed by atoms with Crippen LogP contribution < -0.4 is 10.2 Å². The highest BCUT2D eigenvalue weighted by molar-refractivity contribution is 7.86. The van der Waals surface area contributed by atoms with Gasteiger partial charge in [-0.1, -0.05) is 32.1 Å². The highest BCUT2D eigenvalue weighted by Gasteiger charge is 2.45. The molecule has 2 aromatic rings. The molecule has 2 aliphatic heterocycles. The minimum atomic E-state index is -4.46. The number of carboxylic acids is 1. The Bertz CT molecular complexity index is 2240. The number of nitrogens with one attached hydrogen (secondary N) is 1. The van der Waals surface area contributed by atoms with Crippen LogP contribution in [0.3, 0.4) is 0 Å². The Morgan fingerprint density at radius 3 is 2.23 bits per heavy atom. The number of benzene rings is 2. The number of carbonyl (C=O) groups excluding carboxylic acids is 1. The number of amides is 1. The zero-order chi connectivity index (χ0) is 44.9. The summed E-state index contributed by atoms with van der Waals surface area (Å²) >= 11 is 0. The zero-order valence-electron chi connectivity index (χ0n) is 36.5. The van der Waals surface area contributed by atoms with Gasteiger partial charge in [-0.05, 0) is 103 Å². The van der Waals surface area contributed by atoms with Crippen molar-refractivity contribution in [3.63, 3.8) is 0 Å². The summed E-state index contributed by atoms with van der Waals surface area (Å²) in [6, 6.07) is 10.5. The fourth-order valence-electron chi connectivity index (χ4n) is 7.86. The molecule has 2 heterocycles. The molecule has 60 heavy (non-hydrogen) atoms. The molecule has 1 amide bonds. The van der Waals surface area contributed by atoms with Crippen molar-refractivity contribution < 1.29 is 54.7 Å². The zero-order valence-corrected chi connectivity index (χ0v) is 38.1. The van der Waals surface area contributed by atoms with Gasteiger partial charge in [-0.25, -0.2) is 0 Å². The Morgan fingerprint density at radius 1 is 0.900 bits per heavy atom. The lowest BCUT2D eigenvalue weighted by Gasteiger charge is -2.28. The van der Waals surface area contributed by atoms with Gasteiger partial charge in [0.1, 0.15) is 6.54 Å². The molecule has 0 spiro atoms. The van der Waals surface area contributed by atoms with Gasteiger partial charge in [0.05, 0.1) is 40.3 Å². The molecule has 0 saturated heterocycles. The lowest BCUT2D eigenvalue weighted by molar-refractivity contribution is -0.438. The van der Waals surface area contributed by atoms with Crippen LogP contribution in [0.5, 0.6) is 0 Å². The van der Waals surface area contributed by atoms with Crippen molar-refractivity contribution >= 4 is 49.2 Å². The number of carboxylic acid groups (broad SMARTS) is 1. The maximum Gasteiger partial charge on any atom is 0.303 e. The molecule has 4 rings (SSSR count). The fourth-order valence-corrected chi connectivity index (χ4v) is 8.86. The van der Waals surface area contributed by atoms with Crippen molar-refractivity contribution in [2.75, 3.05) is 37.5 Å². The van der Waals surface area contributed by atoms with E-state index in [0.717, 1.165) is 39.5 Å². The smallest absolute Gasteiger partial charge is 0.303 e. The molecule has 14 nitrogen and oxygen atoms in total. The van der Waals surface area contributed by atoms with Crippen molar-refractivity contribution in [2.24, 2.45) is 0 Å². The van der Waals surface area contributed by atoms with Gasteiger partial charge in [0.2, 0.25) is 11.6 Å². The number of hydrogen-bond acceptors (Lipinski definition) is 9. The van der Waals surface area contributed by atoms with Crippen LogP contribution in [0, 0.1) is 0 Å². The summed E-state index contributed by atoms with van der Waals surface area (Å²) in [6.07, 6.45) is 8.85. The van der Waals surface area contributed by atoms with E-state index < -0.39 is 48.4 Å². The highest BCUT2D eigenvalue weighted by atomic mass is 32.2.